The zero-order valence-corrected chi connectivity index (χ0v) is 19.8. The van der Waals surface area contributed by atoms with Gasteiger partial charge in [0.05, 0.1) is 18.9 Å². The van der Waals surface area contributed by atoms with E-state index in [1.54, 1.807) is 41.3 Å². The van der Waals surface area contributed by atoms with E-state index in [-0.39, 0.29) is 43.3 Å². The number of para-hydroxylation sites is 2. The van der Waals surface area contributed by atoms with Crippen LogP contribution in [0.15, 0.2) is 42.5 Å². The van der Waals surface area contributed by atoms with E-state index in [9.17, 15) is 14.4 Å². The minimum atomic E-state index is -0.245. The number of anilines is 1. The largest absolute Gasteiger partial charge is 0.493 e. The molecule has 9 nitrogen and oxygen atoms in total. The van der Waals surface area contributed by atoms with Crippen molar-refractivity contribution in [3.8, 4) is 17.2 Å². The Morgan fingerprint density at radius 2 is 2.00 bits per heavy atom. The first-order valence-corrected chi connectivity index (χ1v) is 11.8. The van der Waals surface area contributed by atoms with Gasteiger partial charge in [-0.1, -0.05) is 12.1 Å². The highest BCUT2D eigenvalue weighted by atomic mass is 16.5. The van der Waals surface area contributed by atoms with Gasteiger partial charge in [0.2, 0.25) is 5.91 Å². The first kappa shape index (κ1) is 24.5. The van der Waals surface area contributed by atoms with Crippen LogP contribution in [0.25, 0.3) is 0 Å². The molecule has 186 valence electrons. The third-order valence-corrected chi connectivity index (χ3v) is 5.99. The molecular formula is C26H30N2O7. The van der Waals surface area contributed by atoms with Crippen LogP contribution < -0.4 is 24.4 Å². The topological polar surface area (TPSA) is 103 Å². The molecule has 2 amide bonds. The summed E-state index contributed by atoms with van der Waals surface area (Å²) in [7, 11) is 1.53. The van der Waals surface area contributed by atoms with Gasteiger partial charge in [-0.05, 0) is 49.6 Å². The fourth-order valence-electron chi connectivity index (χ4n) is 4.10. The summed E-state index contributed by atoms with van der Waals surface area (Å²) < 4.78 is 22.0. The summed E-state index contributed by atoms with van der Waals surface area (Å²) in [4.78, 5) is 39.1. The molecule has 2 aliphatic rings. The van der Waals surface area contributed by atoms with E-state index < -0.39 is 0 Å². The number of Topliss-reactive ketones (excluding diaryl/α,β-unsaturated/α-hetero) is 1. The molecular weight excluding hydrogens is 452 g/mol. The van der Waals surface area contributed by atoms with Crippen LogP contribution >= 0.6 is 0 Å². The fraction of sp³-hybridized carbons (Fsp3) is 0.423. The number of benzene rings is 2. The van der Waals surface area contributed by atoms with Gasteiger partial charge in [-0.25, -0.2) is 0 Å². The summed E-state index contributed by atoms with van der Waals surface area (Å²) in [6.45, 7) is 1.34. The van der Waals surface area contributed by atoms with Crippen molar-refractivity contribution in [1.82, 2.24) is 5.32 Å². The lowest BCUT2D eigenvalue weighted by Gasteiger charge is -2.29. The van der Waals surface area contributed by atoms with E-state index in [4.69, 9.17) is 18.9 Å². The van der Waals surface area contributed by atoms with Crippen LogP contribution in [-0.4, -0.2) is 63.7 Å². The smallest absolute Gasteiger partial charge is 0.265 e. The van der Waals surface area contributed by atoms with Crippen LogP contribution in [0.5, 0.6) is 17.2 Å². The van der Waals surface area contributed by atoms with Crippen LogP contribution in [0, 0.1) is 0 Å². The molecule has 0 spiro atoms. The fourth-order valence-corrected chi connectivity index (χ4v) is 4.10. The first-order valence-electron chi connectivity index (χ1n) is 11.8. The van der Waals surface area contributed by atoms with Crippen molar-refractivity contribution in [3.63, 3.8) is 0 Å². The van der Waals surface area contributed by atoms with E-state index in [0.29, 0.717) is 48.0 Å². The number of nitrogens with zero attached hydrogens (tertiary/aromatic N) is 1. The number of hydrogen-bond donors (Lipinski definition) is 1. The van der Waals surface area contributed by atoms with Crippen LogP contribution in [0.2, 0.25) is 0 Å². The average Bonchev–Trinajstić information content (AvgIpc) is 3.41. The molecule has 35 heavy (non-hydrogen) atoms. The maximum absolute atomic E-state index is 12.8. The monoisotopic (exact) mass is 482 g/mol. The van der Waals surface area contributed by atoms with E-state index in [2.05, 4.69) is 5.32 Å². The third kappa shape index (κ3) is 6.30. The standard InChI is InChI=1S/C26H30N2O7/c1-32-23-7-2-3-8-24(23)34-16-21(29)18-10-11-22-20(14-18)28(26(31)17-35-22)12-4-9-25(30)27-15-19-6-5-13-33-19/h2-3,7-8,10-11,14,19H,4-6,9,12-13,15-17H2,1H3,(H,27,30)/t19-/m1/s1. The second-order valence-electron chi connectivity index (χ2n) is 8.42. The highest BCUT2D eigenvalue weighted by Crippen LogP contribution is 2.33. The van der Waals surface area contributed by atoms with Gasteiger partial charge < -0.3 is 29.2 Å². The summed E-state index contributed by atoms with van der Waals surface area (Å²) in [6, 6.07) is 12.1. The Morgan fingerprint density at radius 3 is 2.77 bits per heavy atom. The number of carbonyl (C=O) groups excluding carboxylic acids is 3. The zero-order valence-electron chi connectivity index (χ0n) is 19.8. The normalized spacial score (nSPS) is 16.9. The highest BCUT2D eigenvalue weighted by molar-refractivity contribution is 6.02. The number of fused-ring (bicyclic) bond motifs is 1. The molecule has 0 bridgehead atoms. The van der Waals surface area contributed by atoms with Gasteiger partial charge in [-0.2, -0.15) is 0 Å². The Kier molecular flexibility index (Phi) is 8.20. The second kappa shape index (κ2) is 11.7. The van der Waals surface area contributed by atoms with Gasteiger partial charge in [-0.3, -0.25) is 14.4 Å². The van der Waals surface area contributed by atoms with Crippen LogP contribution in [0.3, 0.4) is 0 Å². The van der Waals surface area contributed by atoms with Crippen molar-refractivity contribution >= 4 is 23.3 Å². The second-order valence-corrected chi connectivity index (χ2v) is 8.42. The van der Waals surface area contributed by atoms with Crippen LogP contribution in [-0.2, 0) is 14.3 Å². The predicted octanol–water partition coefficient (Wildman–Crippen LogP) is 2.76. The minimum Gasteiger partial charge on any atom is -0.493 e. The molecule has 2 heterocycles. The summed E-state index contributed by atoms with van der Waals surface area (Å²) in [5.41, 5.74) is 0.917. The lowest BCUT2D eigenvalue weighted by atomic mass is 10.1. The van der Waals surface area contributed by atoms with Gasteiger partial charge >= 0.3 is 0 Å². The van der Waals surface area contributed by atoms with Crippen molar-refractivity contribution in [3.05, 3.63) is 48.0 Å². The summed E-state index contributed by atoms with van der Waals surface area (Å²) >= 11 is 0. The van der Waals surface area contributed by atoms with E-state index in [1.165, 1.54) is 7.11 Å². The summed E-state index contributed by atoms with van der Waals surface area (Å²) in [6.07, 6.45) is 2.85. The summed E-state index contributed by atoms with van der Waals surface area (Å²) in [5, 5.41) is 2.89. The molecule has 0 radical (unpaired) electrons. The highest BCUT2D eigenvalue weighted by Gasteiger charge is 2.27. The number of amides is 2. The molecule has 9 heteroatoms. The molecule has 1 N–H and O–H groups in total. The molecule has 1 fully saturated rings. The van der Waals surface area contributed by atoms with E-state index in [1.807, 2.05) is 6.07 Å². The maximum Gasteiger partial charge on any atom is 0.265 e. The number of ketones is 1. The number of nitrogens with one attached hydrogen (secondary N) is 1. The number of methoxy groups -OCH3 is 1. The van der Waals surface area contributed by atoms with Gasteiger partial charge in [-0.15, -0.1) is 0 Å². The lowest BCUT2D eigenvalue weighted by molar-refractivity contribution is -0.123. The zero-order chi connectivity index (χ0) is 24.6. The molecule has 2 aliphatic heterocycles. The third-order valence-electron chi connectivity index (χ3n) is 5.99. The number of hydrogen-bond acceptors (Lipinski definition) is 7. The lowest BCUT2D eigenvalue weighted by Crippen LogP contribution is -2.40. The quantitative estimate of drug-likeness (QED) is 0.491. The number of rotatable bonds is 11. The first-order chi connectivity index (χ1) is 17.0. The Hall–Kier alpha value is -3.59. The van der Waals surface area contributed by atoms with Crippen LogP contribution in [0.4, 0.5) is 5.69 Å². The molecule has 0 aromatic heterocycles. The Labute approximate surface area is 204 Å². The van der Waals surface area contributed by atoms with Gasteiger partial charge in [0.15, 0.2) is 30.5 Å². The summed E-state index contributed by atoms with van der Waals surface area (Å²) in [5.74, 6) is 1.00. The van der Waals surface area contributed by atoms with E-state index in [0.717, 1.165) is 19.4 Å². The molecule has 2 aromatic rings. The van der Waals surface area contributed by atoms with Crippen molar-refractivity contribution in [1.29, 1.82) is 0 Å². The van der Waals surface area contributed by atoms with Gasteiger partial charge in [0.25, 0.3) is 5.91 Å². The van der Waals surface area contributed by atoms with Crippen molar-refractivity contribution in [2.24, 2.45) is 0 Å². The number of ether oxygens (including phenoxy) is 4. The maximum atomic E-state index is 12.8. The molecule has 2 aromatic carbocycles. The Morgan fingerprint density at radius 1 is 1.17 bits per heavy atom. The molecule has 1 atom stereocenters. The average molecular weight is 483 g/mol. The van der Waals surface area contributed by atoms with Crippen LogP contribution in [0.1, 0.15) is 36.0 Å². The minimum absolute atomic E-state index is 0.0705. The van der Waals surface area contributed by atoms with Crippen molar-refractivity contribution in [2.45, 2.75) is 31.8 Å². The molecule has 4 rings (SSSR count). The molecule has 1 saturated heterocycles. The number of carbonyl (C=O) groups is 3. The Balaban J connectivity index is 1.34. The van der Waals surface area contributed by atoms with Crippen molar-refractivity contribution in [2.75, 3.05) is 44.9 Å². The molecule has 0 saturated carbocycles. The van der Waals surface area contributed by atoms with Gasteiger partial charge in [0, 0.05) is 31.7 Å². The predicted molar refractivity (Wildman–Crippen MR) is 128 cm³/mol. The SMILES string of the molecule is COc1ccccc1OCC(=O)c1ccc2c(c1)N(CCCC(=O)NC[C@H]1CCCO1)C(=O)CO2. The molecule has 0 unspecified atom stereocenters. The Bertz CT molecular complexity index is 1070. The van der Waals surface area contributed by atoms with E-state index >= 15 is 0 Å². The van der Waals surface area contributed by atoms with Gasteiger partial charge in [0.1, 0.15) is 5.75 Å². The van der Waals surface area contributed by atoms with Crippen molar-refractivity contribution < 1.29 is 33.3 Å². The molecule has 0 aliphatic carbocycles.